The molecule has 33 heavy (non-hydrogen) atoms. The minimum absolute atomic E-state index is 0.000428. The van der Waals surface area contributed by atoms with Crippen LogP contribution in [0.15, 0.2) is 24.5 Å². The minimum atomic E-state index is -1.48. The molecule has 0 spiro atoms. The van der Waals surface area contributed by atoms with Crippen LogP contribution in [-0.2, 0) is 4.74 Å². The van der Waals surface area contributed by atoms with Crippen molar-refractivity contribution in [2.75, 3.05) is 42.3 Å². The van der Waals surface area contributed by atoms with Gasteiger partial charge in [-0.25, -0.2) is 23.5 Å². The number of ether oxygens (including phenoxy) is 2. The van der Waals surface area contributed by atoms with E-state index in [0.29, 0.717) is 41.1 Å². The van der Waals surface area contributed by atoms with Crippen LogP contribution in [0.3, 0.4) is 0 Å². The van der Waals surface area contributed by atoms with Gasteiger partial charge in [-0.05, 0) is 30.0 Å². The highest BCUT2D eigenvalue weighted by Gasteiger charge is 2.38. The number of carbonyl (C=O) groups is 1. The number of pyridine rings is 2. The number of aromatic nitrogens is 2. The molecule has 172 valence electrons. The second-order valence-corrected chi connectivity index (χ2v) is 7.94. The number of nitrogen functional groups attached to an aromatic ring is 1. The summed E-state index contributed by atoms with van der Waals surface area (Å²) in [6.45, 7) is 2.63. The fraction of sp³-hybridized carbons (Fsp3) is 0.318. The first-order chi connectivity index (χ1) is 15.9. The van der Waals surface area contributed by atoms with E-state index in [1.807, 2.05) is 6.92 Å². The maximum absolute atomic E-state index is 15.3. The van der Waals surface area contributed by atoms with Crippen LogP contribution >= 0.6 is 0 Å². The second-order valence-electron chi connectivity index (χ2n) is 7.94. The number of fused-ring (bicyclic) bond motifs is 2. The number of nitrogens with two attached hydrogens (primary N) is 1. The number of halogens is 2. The van der Waals surface area contributed by atoms with Gasteiger partial charge in [0.25, 0.3) is 0 Å². The second kappa shape index (κ2) is 8.00. The molecule has 4 N–H and O–H groups in total. The quantitative estimate of drug-likeness (QED) is 0.512. The van der Waals surface area contributed by atoms with Crippen LogP contribution in [0.2, 0.25) is 0 Å². The number of carboxylic acid groups (broad SMARTS) is 1. The van der Waals surface area contributed by atoms with Crippen molar-refractivity contribution in [3.05, 3.63) is 35.9 Å². The molecule has 0 bridgehead atoms. The van der Waals surface area contributed by atoms with Crippen molar-refractivity contribution >= 4 is 34.1 Å². The normalized spacial score (nSPS) is 19.6. The third-order valence-electron chi connectivity index (χ3n) is 5.99. The Morgan fingerprint density at radius 3 is 2.82 bits per heavy atom. The third-order valence-corrected chi connectivity index (χ3v) is 5.99. The molecule has 3 aromatic rings. The van der Waals surface area contributed by atoms with Crippen molar-refractivity contribution in [3.63, 3.8) is 0 Å². The molecule has 0 aliphatic carbocycles. The molecule has 11 heteroatoms. The summed E-state index contributed by atoms with van der Waals surface area (Å²) in [5.41, 5.74) is 8.09. The zero-order chi connectivity index (χ0) is 23.3. The highest BCUT2D eigenvalue weighted by Crippen LogP contribution is 2.40. The van der Waals surface area contributed by atoms with Crippen LogP contribution in [-0.4, -0.2) is 59.7 Å². The van der Waals surface area contributed by atoms with E-state index >= 15 is 4.39 Å². The number of nitrogens with zero attached hydrogens (tertiary/aromatic N) is 3. The van der Waals surface area contributed by atoms with Crippen LogP contribution in [0, 0.1) is 12.7 Å². The lowest BCUT2D eigenvalue weighted by Gasteiger charge is -2.25. The molecule has 0 radical (unpaired) electrons. The minimum Gasteiger partial charge on any atom is -0.474 e. The van der Waals surface area contributed by atoms with Crippen molar-refractivity contribution in [3.8, 4) is 17.0 Å². The molecular formula is C22H21F2N5O4. The topological polar surface area (TPSA) is 123 Å². The van der Waals surface area contributed by atoms with Gasteiger partial charge in [-0.3, -0.25) is 4.90 Å². The Morgan fingerprint density at radius 1 is 1.27 bits per heavy atom. The Morgan fingerprint density at radius 2 is 2.09 bits per heavy atom. The van der Waals surface area contributed by atoms with Gasteiger partial charge in [-0.2, -0.15) is 0 Å². The molecule has 2 aliphatic heterocycles. The highest BCUT2D eigenvalue weighted by molar-refractivity contribution is 5.99. The predicted octanol–water partition coefficient (Wildman–Crippen LogP) is 3.35. The molecule has 1 amide bonds. The number of benzene rings is 1. The fourth-order valence-corrected chi connectivity index (χ4v) is 4.27. The van der Waals surface area contributed by atoms with E-state index in [2.05, 4.69) is 15.3 Å². The molecule has 1 fully saturated rings. The summed E-state index contributed by atoms with van der Waals surface area (Å²) >= 11 is 0. The van der Waals surface area contributed by atoms with Crippen molar-refractivity contribution in [1.82, 2.24) is 9.97 Å². The lowest BCUT2D eigenvalue weighted by Crippen LogP contribution is -2.45. The molecular weight excluding hydrogens is 436 g/mol. The molecule has 0 unspecified atom stereocenters. The molecule has 2 aliphatic rings. The van der Waals surface area contributed by atoms with Crippen molar-refractivity contribution in [2.24, 2.45) is 0 Å². The summed E-state index contributed by atoms with van der Waals surface area (Å²) in [5.74, 6) is -0.193. The van der Waals surface area contributed by atoms with Crippen molar-refractivity contribution in [1.29, 1.82) is 0 Å². The number of rotatable bonds is 3. The maximum atomic E-state index is 15.3. The van der Waals surface area contributed by atoms with Gasteiger partial charge >= 0.3 is 6.09 Å². The Kier molecular flexibility index (Phi) is 5.12. The first-order valence-electron chi connectivity index (χ1n) is 10.3. The lowest BCUT2D eigenvalue weighted by atomic mass is 9.97. The molecule has 4 heterocycles. The zero-order valence-corrected chi connectivity index (χ0v) is 17.6. The Hall–Kier alpha value is -3.73. The van der Waals surface area contributed by atoms with Gasteiger partial charge in [-0.1, -0.05) is 0 Å². The Labute approximate surface area is 187 Å². The van der Waals surface area contributed by atoms with Gasteiger partial charge in [0.15, 0.2) is 5.82 Å². The summed E-state index contributed by atoms with van der Waals surface area (Å²) in [7, 11) is 0. The fourth-order valence-electron chi connectivity index (χ4n) is 4.27. The van der Waals surface area contributed by atoms with Gasteiger partial charge in [0.1, 0.15) is 24.3 Å². The first kappa shape index (κ1) is 21.1. The average molecular weight is 457 g/mol. The van der Waals surface area contributed by atoms with Crippen LogP contribution in [0.5, 0.6) is 5.88 Å². The van der Waals surface area contributed by atoms with Crippen molar-refractivity contribution in [2.45, 2.75) is 19.1 Å². The molecule has 0 saturated carbocycles. The van der Waals surface area contributed by atoms with Gasteiger partial charge in [0.2, 0.25) is 5.88 Å². The summed E-state index contributed by atoms with van der Waals surface area (Å²) < 4.78 is 40.2. The number of alkyl halides is 1. The molecule has 2 atom stereocenters. The lowest BCUT2D eigenvalue weighted by molar-refractivity contribution is 0.172. The van der Waals surface area contributed by atoms with E-state index in [1.165, 1.54) is 18.5 Å². The van der Waals surface area contributed by atoms with Gasteiger partial charge in [0.05, 0.1) is 24.9 Å². The van der Waals surface area contributed by atoms with E-state index < -0.39 is 24.1 Å². The van der Waals surface area contributed by atoms with Crippen LogP contribution in [0.4, 0.5) is 30.8 Å². The Bertz CT molecular complexity index is 1270. The summed E-state index contributed by atoms with van der Waals surface area (Å²) in [6.07, 6.45) is -0.0401. The Balaban J connectivity index is 1.65. The van der Waals surface area contributed by atoms with Crippen LogP contribution in [0.1, 0.15) is 5.56 Å². The summed E-state index contributed by atoms with van der Waals surface area (Å²) in [4.78, 5) is 21.2. The maximum Gasteiger partial charge on any atom is 0.413 e. The van der Waals surface area contributed by atoms with Gasteiger partial charge < -0.3 is 25.6 Å². The smallest absolute Gasteiger partial charge is 0.413 e. The number of hydrogen-bond acceptors (Lipinski definition) is 7. The molecule has 9 nitrogen and oxygen atoms in total. The van der Waals surface area contributed by atoms with Gasteiger partial charge in [0, 0.05) is 35.5 Å². The monoisotopic (exact) mass is 457 g/mol. The zero-order valence-electron chi connectivity index (χ0n) is 17.6. The van der Waals surface area contributed by atoms with E-state index in [-0.39, 0.29) is 30.3 Å². The molecule has 5 rings (SSSR count). The van der Waals surface area contributed by atoms with E-state index in [1.54, 1.807) is 6.07 Å². The SMILES string of the molecule is Cc1c(-c2cc3cc(N(C(=O)O)[C@H]4COC[C@H]4F)ncc3c(N)c2F)cnc2c1NCCO2. The van der Waals surface area contributed by atoms with Crippen molar-refractivity contribution < 1.29 is 28.2 Å². The highest BCUT2D eigenvalue weighted by atomic mass is 19.1. The predicted molar refractivity (Wildman–Crippen MR) is 118 cm³/mol. The van der Waals surface area contributed by atoms with Gasteiger partial charge in [-0.15, -0.1) is 0 Å². The summed E-state index contributed by atoms with van der Waals surface area (Å²) in [5, 5.41) is 13.7. The van der Waals surface area contributed by atoms with E-state index in [9.17, 15) is 14.3 Å². The standard InChI is InChI=1S/C22H21F2N5O4/c1-10-13(6-28-21-20(10)26-2-3-33-21)12-4-11-5-17(27-7-14(11)19(25)18(12)24)29(22(30)31)16-9-32-8-15(16)23/h4-7,15-16,26H,2-3,8-9,25H2,1H3,(H,30,31)/t15-,16+/m1/s1. The number of hydrogen-bond donors (Lipinski definition) is 3. The third kappa shape index (κ3) is 3.44. The van der Waals surface area contributed by atoms with Crippen LogP contribution in [0.25, 0.3) is 21.9 Å². The number of anilines is 3. The average Bonchev–Trinajstić information content (AvgIpc) is 3.22. The largest absolute Gasteiger partial charge is 0.474 e. The number of amides is 1. The van der Waals surface area contributed by atoms with E-state index in [4.69, 9.17) is 15.2 Å². The number of nitrogens with one attached hydrogen (secondary N) is 1. The molecule has 1 saturated heterocycles. The first-order valence-corrected chi connectivity index (χ1v) is 10.3. The van der Waals surface area contributed by atoms with Crippen LogP contribution < -0.4 is 20.7 Å². The molecule has 2 aromatic heterocycles. The molecule has 1 aromatic carbocycles. The van der Waals surface area contributed by atoms with E-state index in [0.717, 1.165) is 10.5 Å². The summed E-state index contributed by atoms with van der Waals surface area (Å²) in [6, 6.07) is 1.99.